The molecule has 190 valence electrons. The van der Waals surface area contributed by atoms with Crippen molar-refractivity contribution < 1.29 is 39.4 Å². The summed E-state index contributed by atoms with van der Waals surface area (Å²) in [6, 6.07) is 9.61. The van der Waals surface area contributed by atoms with Crippen molar-refractivity contribution in [3.8, 4) is 11.5 Å². The van der Waals surface area contributed by atoms with E-state index in [1.54, 1.807) is 0 Å². The number of aliphatic hydroxyl groups is 4. The quantitative estimate of drug-likeness (QED) is 0.381. The summed E-state index contributed by atoms with van der Waals surface area (Å²) in [5.41, 5.74) is 3.24. The van der Waals surface area contributed by atoms with Gasteiger partial charge in [0, 0.05) is 12.0 Å². The molecule has 1 aliphatic carbocycles. The third-order valence-electron chi connectivity index (χ3n) is 6.78. The van der Waals surface area contributed by atoms with Crippen molar-refractivity contribution in [2.45, 2.75) is 62.3 Å². The molecule has 8 nitrogen and oxygen atoms in total. The minimum atomic E-state index is -1.45. The van der Waals surface area contributed by atoms with Gasteiger partial charge in [-0.3, -0.25) is 0 Å². The van der Waals surface area contributed by atoms with Gasteiger partial charge in [-0.25, -0.2) is 0 Å². The molecular weight excluding hydrogens is 476 g/mol. The first-order valence-corrected chi connectivity index (χ1v) is 12.4. The van der Waals surface area contributed by atoms with Crippen LogP contribution in [0, 0.1) is 0 Å². The topological polar surface area (TPSA) is 118 Å². The highest BCUT2D eigenvalue weighted by atomic mass is 35.5. The van der Waals surface area contributed by atoms with Crippen molar-refractivity contribution >= 4 is 11.6 Å². The second kappa shape index (κ2) is 10.6. The third kappa shape index (κ3) is 5.29. The standard InChI is InChI=1S/C26H31ClO8/c27-21-15(11-14-1-3-16(4-2-14)32-9-10-33-17-5-6-17)12-19(18-7-8-34-25(18)21)26-24(31)23(30)22(29)20(13-28)35-26/h1-4,12,17,20,22-24,26,28-31H,5-11,13H2/t20-,22-,23+,24-,26+/m1/s1. The normalized spacial score (nSPS) is 28.0. The molecule has 2 aromatic carbocycles. The zero-order valence-electron chi connectivity index (χ0n) is 19.3. The van der Waals surface area contributed by atoms with Gasteiger partial charge in [-0.1, -0.05) is 29.8 Å². The van der Waals surface area contributed by atoms with Crippen molar-refractivity contribution in [2.75, 3.05) is 26.4 Å². The first-order chi connectivity index (χ1) is 17.0. The second-order valence-electron chi connectivity index (χ2n) is 9.33. The lowest BCUT2D eigenvalue weighted by Crippen LogP contribution is -2.55. The van der Waals surface area contributed by atoms with E-state index in [9.17, 15) is 20.4 Å². The van der Waals surface area contributed by atoms with Gasteiger partial charge in [0.1, 0.15) is 48.6 Å². The maximum absolute atomic E-state index is 10.7. The number of benzene rings is 2. The number of aliphatic hydroxyl groups excluding tert-OH is 4. The van der Waals surface area contributed by atoms with Crippen LogP contribution in [-0.2, 0) is 22.3 Å². The van der Waals surface area contributed by atoms with Crippen LogP contribution in [0.2, 0.25) is 5.02 Å². The van der Waals surface area contributed by atoms with Gasteiger partial charge in [-0.2, -0.15) is 0 Å². The average Bonchev–Trinajstić information content (AvgIpc) is 3.56. The Kier molecular flexibility index (Phi) is 7.50. The maximum atomic E-state index is 10.7. The van der Waals surface area contributed by atoms with E-state index in [1.807, 2.05) is 30.3 Å². The summed E-state index contributed by atoms with van der Waals surface area (Å²) in [5.74, 6) is 1.31. The van der Waals surface area contributed by atoms with Crippen molar-refractivity contribution in [3.05, 3.63) is 57.6 Å². The van der Waals surface area contributed by atoms with Crippen LogP contribution >= 0.6 is 11.6 Å². The van der Waals surface area contributed by atoms with Crippen LogP contribution in [0.4, 0.5) is 0 Å². The number of fused-ring (bicyclic) bond motifs is 1. The molecule has 0 bridgehead atoms. The van der Waals surface area contributed by atoms with E-state index >= 15 is 0 Å². The van der Waals surface area contributed by atoms with Crippen molar-refractivity contribution in [3.63, 3.8) is 0 Å². The summed E-state index contributed by atoms with van der Waals surface area (Å²) < 4.78 is 23.0. The average molecular weight is 507 g/mol. The van der Waals surface area contributed by atoms with Crippen molar-refractivity contribution in [2.24, 2.45) is 0 Å². The first-order valence-electron chi connectivity index (χ1n) is 12.1. The van der Waals surface area contributed by atoms with Gasteiger partial charge in [0.05, 0.1) is 30.9 Å². The van der Waals surface area contributed by atoms with E-state index in [2.05, 4.69) is 0 Å². The lowest BCUT2D eigenvalue weighted by Gasteiger charge is -2.40. The fourth-order valence-electron chi connectivity index (χ4n) is 4.68. The molecule has 3 aliphatic rings. The molecule has 0 unspecified atom stereocenters. The van der Waals surface area contributed by atoms with E-state index < -0.39 is 37.1 Å². The summed E-state index contributed by atoms with van der Waals surface area (Å²) in [5, 5.41) is 41.3. The van der Waals surface area contributed by atoms with E-state index in [4.69, 9.17) is 30.5 Å². The molecule has 35 heavy (non-hydrogen) atoms. The lowest BCUT2D eigenvalue weighted by atomic mass is 9.87. The molecule has 0 aromatic heterocycles. The SMILES string of the molecule is OC[C@H]1O[C@@H](c2cc(Cc3ccc(OCCOC4CC4)cc3)c(Cl)c3c2CCO3)[C@H](O)[C@@H](O)[C@@H]1O. The molecule has 5 atom stereocenters. The van der Waals surface area contributed by atoms with Crippen LogP contribution in [0.3, 0.4) is 0 Å². The number of ether oxygens (including phenoxy) is 4. The summed E-state index contributed by atoms with van der Waals surface area (Å²) in [7, 11) is 0. The lowest BCUT2D eigenvalue weighted by molar-refractivity contribution is -0.231. The zero-order valence-corrected chi connectivity index (χ0v) is 20.1. The Morgan fingerprint density at radius 1 is 1.00 bits per heavy atom. The van der Waals surface area contributed by atoms with Gasteiger partial charge in [-0.15, -0.1) is 0 Å². The first kappa shape index (κ1) is 24.8. The van der Waals surface area contributed by atoms with Gasteiger partial charge in [0.15, 0.2) is 0 Å². The highest BCUT2D eigenvalue weighted by Crippen LogP contribution is 2.44. The third-order valence-corrected chi connectivity index (χ3v) is 7.19. The smallest absolute Gasteiger partial charge is 0.141 e. The Labute approximate surface area is 209 Å². The number of hydrogen-bond donors (Lipinski definition) is 4. The van der Waals surface area contributed by atoms with Crippen molar-refractivity contribution in [1.82, 2.24) is 0 Å². The Hall–Kier alpha value is -1.91. The van der Waals surface area contributed by atoms with Gasteiger partial charge in [0.2, 0.25) is 0 Å². The minimum Gasteiger partial charge on any atom is -0.491 e. The van der Waals surface area contributed by atoms with Crippen LogP contribution in [0.1, 0.15) is 41.2 Å². The van der Waals surface area contributed by atoms with E-state index in [0.29, 0.717) is 55.1 Å². The van der Waals surface area contributed by atoms with Crippen LogP contribution in [-0.4, -0.2) is 77.4 Å². The monoisotopic (exact) mass is 506 g/mol. The molecular formula is C26H31ClO8. The zero-order chi connectivity index (χ0) is 24.5. The molecule has 0 amide bonds. The number of rotatable bonds is 9. The molecule has 1 saturated heterocycles. The van der Waals surface area contributed by atoms with Gasteiger partial charge >= 0.3 is 0 Å². The maximum Gasteiger partial charge on any atom is 0.141 e. The Balaban J connectivity index is 1.35. The summed E-state index contributed by atoms with van der Waals surface area (Å²) >= 11 is 6.71. The van der Waals surface area contributed by atoms with Crippen LogP contribution in [0.25, 0.3) is 0 Å². The summed E-state index contributed by atoms with van der Waals surface area (Å²) in [6.07, 6.45) is -2.38. The van der Waals surface area contributed by atoms with E-state index in [0.717, 1.165) is 35.3 Å². The molecule has 0 radical (unpaired) electrons. The highest BCUT2D eigenvalue weighted by Gasteiger charge is 2.45. The minimum absolute atomic E-state index is 0.412. The highest BCUT2D eigenvalue weighted by molar-refractivity contribution is 6.33. The Morgan fingerprint density at radius 2 is 1.77 bits per heavy atom. The fraction of sp³-hybridized carbons (Fsp3) is 0.538. The molecule has 2 fully saturated rings. The van der Waals surface area contributed by atoms with Crippen LogP contribution in [0.15, 0.2) is 30.3 Å². The molecule has 2 aliphatic heterocycles. The Morgan fingerprint density at radius 3 is 2.49 bits per heavy atom. The van der Waals surface area contributed by atoms with Gasteiger partial charge in [-0.05, 0) is 48.1 Å². The van der Waals surface area contributed by atoms with Crippen LogP contribution in [0.5, 0.6) is 11.5 Å². The van der Waals surface area contributed by atoms with Crippen LogP contribution < -0.4 is 9.47 Å². The molecule has 9 heteroatoms. The van der Waals surface area contributed by atoms with Crippen molar-refractivity contribution in [1.29, 1.82) is 0 Å². The summed E-state index contributed by atoms with van der Waals surface area (Å²) in [6.45, 7) is 1.05. The van der Waals surface area contributed by atoms with E-state index in [-0.39, 0.29) is 0 Å². The predicted molar refractivity (Wildman–Crippen MR) is 127 cm³/mol. The summed E-state index contributed by atoms with van der Waals surface area (Å²) in [4.78, 5) is 0. The van der Waals surface area contributed by atoms with Gasteiger partial charge < -0.3 is 39.4 Å². The molecule has 4 N–H and O–H groups in total. The number of halogens is 1. The molecule has 1 saturated carbocycles. The second-order valence-corrected chi connectivity index (χ2v) is 9.71. The molecule has 2 heterocycles. The van der Waals surface area contributed by atoms with Gasteiger partial charge in [0.25, 0.3) is 0 Å². The largest absolute Gasteiger partial charge is 0.491 e. The van der Waals surface area contributed by atoms with E-state index in [1.165, 1.54) is 0 Å². The predicted octanol–water partition coefficient (Wildman–Crippen LogP) is 1.94. The number of hydrogen-bond acceptors (Lipinski definition) is 8. The fourth-order valence-corrected chi connectivity index (χ4v) is 4.97. The molecule has 5 rings (SSSR count). The molecule has 2 aromatic rings. The molecule has 0 spiro atoms. The Bertz CT molecular complexity index is 1020.